The molecular weight excluding hydrogens is 666 g/mol. The quantitative estimate of drug-likeness (QED) is 0.136. The Balaban J connectivity index is 1.06. The fourth-order valence-corrected chi connectivity index (χ4v) is 7.54. The van der Waals surface area contributed by atoms with Crippen LogP contribution in [0.2, 0.25) is 0 Å². The first-order valence-electron chi connectivity index (χ1n) is 17.6. The molecule has 0 unspecified atom stereocenters. The molecular formula is C40H42F2N6O4. The summed E-state index contributed by atoms with van der Waals surface area (Å²) in [6.07, 6.45) is 4.65. The van der Waals surface area contributed by atoms with Gasteiger partial charge in [-0.25, -0.2) is 23.5 Å². The molecule has 52 heavy (non-hydrogen) atoms. The summed E-state index contributed by atoms with van der Waals surface area (Å²) in [4.78, 5) is 40.7. The van der Waals surface area contributed by atoms with E-state index in [1.165, 1.54) is 54.9 Å². The van der Waals surface area contributed by atoms with E-state index < -0.39 is 29.2 Å². The molecule has 7 rings (SSSR count). The Labute approximate surface area is 300 Å². The molecule has 2 aliphatic rings. The molecule has 0 saturated carbocycles. The summed E-state index contributed by atoms with van der Waals surface area (Å²) in [5.74, 6) is -2.14. The van der Waals surface area contributed by atoms with Crippen LogP contribution in [0.25, 0.3) is 33.5 Å². The number of nitrogens with one attached hydrogen (secondary N) is 2. The minimum atomic E-state index is -1.28. The van der Waals surface area contributed by atoms with Gasteiger partial charge in [0.15, 0.2) is 0 Å². The number of benzene rings is 3. The Morgan fingerprint density at radius 2 is 1.63 bits per heavy atom. The molecule has 10 nitrogen and oxygen atoms in total. The van der Waals surface area contributed by atoms with Gasteiger partial charge in [-0.3, -0.25) is 9.69 Å². The number of amides is 2. The van der Waals surface area contributed by atoms with E-state index >= 15 is 4.39 Å². The summed E-state index contributed by atoms with van der Waals surface area (Å²) in [5, 5.41) is 22.8. The van der Waals surface area contributed by atoms with E-state index in [1.54, 1.807) is 6.92 Å². The molecule has 1 spiro atoms. The van der Waals surface area contributed by atoms with Crippen LogP contribution in [0.4, 0.5) is 19.3 Å². The van der Waals surface area contributed by atoms with E-state index in [0.29, 0.717) is 46.5 Å². The molecule has 2 aromatic heterocycles. The summed E-state index contributed by atoms with van der Waals surface area (Å²) >= 11 is 0. The first kappa shape index (κ1) is 35.2. The number of fused-ring (bicyclic) bond motifs is 1. The van der Waals surface area contributed by atoms with Crippen molar-refractivity contribution in [3.63, 3.8) is 0 Å². The number of carbonyl (C=O) groups is 2. The number of halogens is 2. The number of likely N-dealkylation sites (tertiary alicyclic amines) is 2. The van der Waals surface area contributed by atoms with Crippen molar-refractivity contribution in [1.82, 2.24) is 24.8 Å². The van der Waals surface area contributed by atoms with Crippen molar-refractivity contribution in [2.45, 2.75) is 58.6 Å². The van der Waals surface area contributed by atoms with Crippen LogP contribution in [-0.2, 0) is 12.1 Å². The molecule has 12 heteroatoms. The SMILES string of the molecule is Cc1c(NC(=O)c2ccc(C(C)(C)O)cc2F)cc(F)cc1-c1ncnc2[nH]c(-c3ccc(CN4CCC5(CC4)CCN(C(=O)O)CC5)cc3)cc12. The number of anilines is 1. The standard InChI is InChI=1S/C40H42F2N6O4/c1-24-30(19-28(41)20-33(24)46-37(49)29-9-8-27(18-32(29)42)39(2,3)52)35-31-21-34(45-36(31)44-23-43-35)26-6-4-25(5-7-26)22-47-14-10-40(11-15-47)12-16-48(17-13-40)38(50)51/h4-9,18-21,23,52H,10-17,22H2,1-3H3,(H,46,49)(H,50,51)(H,43,44,45). The zero-order valence-corrected chi connectivity index (χ0v) is 29.5. The minimum absolute atomic E-state index is 0.177. The Hall–Kier alpha value is -5.20. The largest absolute Gasteiger partial charge is 0.465 e. The predicted octanol–water partition coefficient (Wildman–Crippen LogP) is 7.71. The van der Waals surface area contributed by atoms with Crippen LogP contribution in [0.1, 0.15) is 66.6 Å². The van der Waals surface area contributed by atoms with Crippen molar-refractivity contribution in [1.29, 1.82) is 0 Å². The van der Waals surface area contributed by atoms with Crippen LogP contribution in [0.15, 0.2) is 67.0 Å². The Bertz CT molecular complexity index is 2140. The lowest BCUT2D eigenvalue weighted by Gasteiger charge is -2.46. The van der Waals surface area contributed by atoms with Gasteiger partial charge in [0.05, 0.1) is 16.9 Å². The van der Waals surface area contributed by atoms with Gasteiger partial charge in [0.1, 0.15) is 23.6 Å². The number of rotatable bonds is 7. The molecule has 2 aliphatic heterocycles. The van der Waals surface area contributed by atoms with Gasteiger partial charge in [0.2, 0.25) is 0 Å². The number of carboxylic acid groups (broad SMARTS) is 1. The van der Waals surface area contributed by atoms with Crippen LogP contribution in [0, 0.1) is 24.0 Å². The lowest BCUT2D eigenvalue weighted by molar-refractivity contribution is 0.0341. The second-order valence-electron chi connectivity index (χ2n) is 14.7. The number of hydrogen-bond acceptors (Lipinski definition) is 6. The van der Waals surface area contributed by atoms with Crippen LogP contribution >= 0.6 is 0 Å². The first-order valence-corrected chi connectivity index (χ1v) is 17.6. The van der Waals surface area contributed by atoms with E-state index in [0.717, 1.165) is 62.6 Å². The van der Waals surface area contributed by atoms with Gasteiger partial charge in [-0.15, -0.1) is 0 Å². The zero-order chi connectivity index (χ0) is 36.8. The normalized spacial score (nSPS) is 16.4. The van der Waals surface area contributed by atoms with Crippen molar-refractivity contribution >= 4 is 28.7 Å². The Kier molecular flexibility index (Phi) is 9.30. The monoisotopic (exact) mass is 708 g/mol. The number of aromatic nitrogens is 3. The summed E-state index contributed by atoms with van der Waals surface area (Å²) in [5.41, 5.74) is 4.28. The molecule has 3 aromatic carbocycles. The maximum atomic E-state index is 15.1. The molecule has 5 aromatic rings. The summed E-state index contributed by atoms with van der Waals surface area (Å²) in [6.45, 7) is 8.88. The number of carbonyl (C=O) groups excluding carboxylic acids is 1. The number of aliphatic hydroxyl groups is 1. The van der Waals surface area contributed by atoms with Gasteiger partial charge >= 0.3 is 6.09 Å². The molecule has 2 saturated heterocycles. The van der Waals surface area contributed by atoms with Crippen LogP contribution < -0.4 is 5.32 Å². The first-order chi connectivity index (χ1) is 24.8. The molecule has 2 fully saturated rings. The Morgan fingerprint density at radius 3 is 2.29 bits per heavy atom. The highest BCUT2D eigenvalue weighted by Crippen LogP contribution is 2.42. The summed E-state index contributed by atoms with van der Waals surface area (Å²) in [6, 6.07) is 16.7. The summed E-state index contributed by atoms with van der Waals surface area (Å²) in [7, 11) is 0. The topological polar surface area (TPSA) is 135 Å². The average Bonchev–Trinajstić information content (AvgIpc) is 3.56. The molecule has 0 atom stereocenters. The van der Waals surface area contributed by atoms with E-state index in [-0.39, 0.29) is 16.7 Å². The lowest BCUT2D eigenvalue weighted by Crippen LogP contribution is -2.47. The second-order valence-corrected chi connectivity index (χ2v) is 14.7. The van der Waals surface area contributed by atoms with Gasteiger partial charge in [-0.1, -0.05) is 30.3 Å². The third kappa shape index (κ3) is 7.13. The number of H-pyrrole nitrogens is 1. The number of piperidine rings is 2. The van der Waals surface area contributed by atoms with Crippen LogP contribution in [-0.4, -0.2) is 73.1 Å². The van der Waals surface area contributed by atoms with Crippen molar-refractivity contribution in [3.05, 3.63) is 101 Å². The Morgan fingerprint density at radius 1 is 0.942 bits per heavy atom. The van der Waals surface area contributed by atoms with Crippen molar-refractivity contribution in [2.24, 2.45) is 5.41 Å². The molecule has 4 N–H and O–H groups in total. The average molecular weight is 709 g/mol. The fourth-order valence-electron chi connectivity index (χ4n) is 7.54. The van der Waals surface area contributed by atoms with E-state index in [9.17, 15) is 24.2 Å². The highest BCUT2D eigenvalue weighted by atomic mass is 19.1. The van der Waals surface area contributed by atoms with Gasteiger partial charge in [-0.05, 0) is 118 Å². The smallest absolute Gasteiger partial charge is 0.407 e. The van der Waals surface area contributed by atoms with Gasteiger partial charge in [0.25, 0.3) is 5.91 Å². The third-order valence-corrected chi connectivity index (χ3v) is 10.9. The van der Waals surface area contributed by atoms with Crippen LogP contribution in [0.5, 0.6) is 0 Å². The molecule has 0 aliphatic carbocycles. The van der Waals surface area contributed by atoms with E-state index in [4.69, 9.17) is 0 Å². The van der Waals surface area contributed by atoms with E-state index in [2.05, 4.69) is 49.4 Å². The lowest BCUT2D eigenvalue weighted by atomic mass is 9.71. The number of aromatic amines is 1. The minimum Gasteiger partial charge on any atom is -0.465 e. The van der Waals surface area contributed by atoms with Crippen molar-refractivity contribution in [3.8, 4) is 22.5 Å². The van der Waals surface area contributed by atoms with E-state index in [1.807, 2.05) is 6.07 Å². The second kappa shape index (κ2) is 13.7. The predicted molar refractivity (Wildman–Crippen MR) is 195 cm³/mol. The maximum absolute atomic E-state index is 15.1. The molecule has 2 amide bonds. The van der Waals surface area contributed by atoms with Crippen molar-refractivity contribution in [2.75, 3.05) is 31.5 Å². The van der Waals surface area contributed by atoms with Gasteiger partial charge in [0, 0.05) is 42.0 Å². The highest BCUT2D eigenvalue weighted by molar-refractivity contribution is 6.06. The fraction of sp³-hybridized carbons (Fsp3) is 0.350. The molecule has 4 heterocycles. The molecule has 0 bridgehead atoms. The molecule has 270 valence electrons. The van der Waals surface area contributed by atoms with Crippen LogP contribution in [0.3, 0.4) is 0 Å². The maximum Gasteiger partial charge on any atom is 0.407 e. The third-order valence-electron chi connectivity index (χ3n) is 10.9. The number of nitrogens with zero attached hydrogens (tertiary/aromatic N) is 4. The highest BCUT2D eigenvalue weighted by Gasteiger charge is 2.38. The van der Waals surface area contributed by atoms with Gasteiger partial charge < -0.3 is 25.4 Å². The molecule has 0 radical (unpaired) electrons. The zero-order valence-electron chi connectivity index (χ0n) is 29.5. The summed E-state index contributed by atoms with van der Waals surface area (Å²) < 4.78 is 30.0. The van der Waals surface area contributed by atoms with Crippen molar-refractivity contribution < 1.29 is 28.6 Å². The number of hydrogen-bond donors (Lipinski definition) is 4. The van der Waals surface area contributed by atoms with Gasteiger partial charge in [-0.2, -0.15) is 0 Å².